The normalized spacial score (nSPS) is 13.6. The van der Waals surface area contributed by atoms with Crippen molar-refractivity contribution < 1.29 is 9.59 Å². The zero-order chi connectivity index (χ0) is 20.8. The quantitative estimate of drug-likeness (QED) is 0.736. The third-order valence-electron chi connectivity index (χ3n) is 5.43. The van der Waals surface area contributed by atoms with Crippen molar-refractivity contribution in [2.24, 2.45) is 0 Å². The van der Waals surface area contributed by atoms with Gasteiger partial charge in [0.1, 0.15) is 0 Å². The van der Waals surface area contributed by atoms with E-state index in [0.717, 1.165) is 30.0 Å². The zero-order valence-electron chi connectivity index (χ0n) is 17.6. The first-order valence-corrected chi connectivity index (χ1v) is 10.5. The predicted molar refractivity (Wildman–Crippen MR) is 120 cm³/mol. The molecule has 0 unspecified atom stereocenters. The van der Waals surface area contributed by atoms with E-state index in [1.54, 1.807) is 11.8 Å². The lowest BCUT2D eigenvalue weighted by molar-refractivity contribution is -0.117. The molecule has 1 saturated heterocycles. The fraction of sp³-hybridized carbons (Fsp3) is 0.417. The first-order chi connectivity index (χ1) is 14.0. The lowest BCUT2D eigenvalue weighted by Gasteiger charge is -2.23. The van der Waals surface area contributed by atoms with Gasteiger partial charge in [0.15, 0.2) is 0 Å². The van der Waals surface area contributed by atoms with Crippen molar-refractivity contribution in [3.05, 3.63) is 54.1 Å². The Kier molecular flexibility index (Phi) is 6.91. The van der Waals surface area contributed by atoms with Crippen LogP contribution in [0.25, 0.3) is 0 Å². The first kappa shape index (κ1) is 20.9. The number of amides is 2. The van der Waals surface area contributed by atoms with Crippen molar-refractivity contribution in [1.29, 1.82) is 0 Å². The maximum atomic E-state index is 12.5. The lowest BCUT2D eigenvalue weighted by atomic mass is 10.0. The van der Waals surface area contributed by atoms with Crippen LogP contribution in [-0.4, -0.2) is 31.4 Å². The standard InChI is InChI=1S/C24H31N3O2/c1-18(2)22-8-4-5-9-23(22)25-24(29)14-17-27(19(3)28)21-12-10-20(11-13-21)26-15-6-7-16-26/h4-5,8-13,18H,6-7,14-17H2,1-3H3,(H,25,29). The van der Waals surface area contributed by atoms with Gasteiger partial charge >= 0.3 is 0 Å². The number of nitrogens with zero attached hydrogens (tertiary/aromatic N) is 2. The van der Waals surface area contributed by atoms with Crippen molar-refractivity contribution in [2.45, 2.75) is 46.0 Å². The molecule has 5 heteroatoms. The number of nitrogens with one attached hydrogen (secondary N) is 1. The fourth-order valence-corrected chi connectivity index (χ4v) is 3.83. The second-order valence-electron chi connectivity index (χ2n) is 7.92. The van der Waals surface area contributed by atoms with E-state index in [9.17, 15) is 9.59 Å². The van der Waals surface area contributed by atoms with Gasteiger partial charge in [-0.2, -0.15) is 0 Å². The van der Waals surface area contributed by atoms with E-state index < -0.39 is 0 Å². The van der Waals surface area contributed by atoms with Crippen LogP contribution in [0, 0.1) is 0 Å². The number of carbonyl (C=O) groups is 2. The summed E-state index contributed by atoms with van der Waals surface area (Å²) in [6.45, 7) is 8.29. The number of hydrogen-bond acceptors (Lipinski definition) is 3. The molecule has 0 atom stereocenters. The minimum atomic E-state index is -0.0852. The second-order valence-corrected chi connectivity index (χ2v) is 7.92. The van der Waals surface area contributed by atoms with Crippen molar-refractivity contribution in [2.75, 3.05) is 34.8 Å². The molecule has 29 heavy (non-hydrogen) atoms. The Morgan fingerprint density at radius 1 is 1.03 bits per heavy atom. The molecule has 154 valence electrons. The molecule has 2 aromatic carbocycles. The Bertz CT molecular complexity index is 839. The van der Waals surface area contributed by atoms with E-state index in [1.807, 2.05) is 36.4 Å². The van der Waals surface area contributed by atoms with Crippen LogP contribution in [0.1, 0.15) is 51.5 Å². The van der Waals surface area contributed by atoms with Gasteiger partial charge < -0.3 is 15.1 Å². The van der Waals surface area contributed by atoms with Gasteiger partial charge in [-0.25, -0.2) is 0 Å². The molecule has 0 bridgehead atoms. The summed E-state index contributed by atoms with van der Waals surface area (Å²) in [6, 6.07) is 15.9. The molecule has 1 heterocycles. The smallest absolute Gasteiger partial charge is 0.226 e. The van der Waals surface area contributed by atoms with Gasteiger partial charge in [-0.15, -0.1) is 0 Å². The van der Waals surface area contributed by atoms with E-state index in [2.05, 4.69) is 36.2 Å². The van der Waals surface area contributed by atoms with Crippen LogP contribution >= 0.6 is 0 Å². The Morgan fingerprint density at radius 3 is 2.31 bits per heavy atom. The number of hydrogen-bond donors (Lipinski definition) is 1. The largest absolute Gasteiger partial charge is 0.372 e. The molecule has 3 rings (SSSR count). The molecule has 1 aliphatic heterocycles. The number of rotatable bonds is 7. The minimum absolute atomic E-state index is 0.0608. The summed E-state index contributed by atoms with van der Waals surface area (Å²) in [4.78, 5) is 28.7. The summed E-state index contributed by atoms with van der Waals surface area (Å²) in [6.07, 6.45) is 2.71. The molecule has 5 nitrogen and oxygen atoms in total. The van der Waals surface area contributed by atoms with Gasteiger partial charge in [-0.05, 0) is 54.7 Å². The molecule has 0 radical (unpaired) electrons. The van der Waals surface area contributed by atoms with Crippen molar-refractivity contribution in [1.82, 2.24) is 0 Å². The Labute approximate surface area is 173 Å². The van der Waals surface area contributed by atoms with Crippen LogP contribution in [0.4, 0.5) is 17.1 Å². The molecule has 0 aliphatic carbocycles. The van der Waals surface area contributed by atoms with Crippen LogP contribution in [-0.2, 0) is 9.59 Å². The third kappa shape index (κ3) is 5.37. The fourth-order valence-electron chi connectivity index (χ4n) is 3.83. The van der Waals surface area contributed by atoms with Gasteiger partial charge in [-0.3, -0.25) is 9.59 Å². The van der Waals surface area contributed by atoms with E-state index in [0.29, 0.717) is 12.5 Å². The average molecular weight is 394 g/mol. The van der Waals surface area contributed by atoms with Gasteiger partial charge in [0.25, 0.3) is 0 Å². The molecule has 2 aromatic rings. The number of anilines is 3. The van der Waals surface area contributed by atoms with Crippen molar-refractivity contribution >= 4 is 28.9 Å². The summed E-state index contributed by atoms with van der Waals surface area (Å²) in [7, 11) is 0. The number of benzene rings is 2. The van der Waals surface area contributed by atoms with Crippen LogP contribution in [0.2, 0.25) is 0 Å². The van der Waals surface area contributed by atoms with E-state index in [-0.39, 0.29) is 18.2 Å². The molecule has 2 amide bonds. The Hall–Kier alpha value is -2.82. The first-order valence-electron chi connectivity index (χ1n) is 10.5. The zero-order valence-corrected chi connectivity index (χ0v) is 17.6. The maximum Gasteiger partial charge on any atom is 0.226 e. The molecule has 0 saturated carbocycles. The highest BCUT2D eigenvalue weighted by Gasteiger charge is 2.16. The Morgan fingerprint density at radius 2 is 1.69 bits per heavy atom. The third-order valence-corrected chi connectivity index (χ3v) is 5.43. The van der Waals surface area contributed by atoms with E-state index in [1.165, 1.54) is 18.5 Å². The number of para-hydroxylation sites is 1. The van der Waals surface area contributed by atoms with E-state index in [4.69, 9.17) is 0 Å². The number of carbonyl (C=O) groups excluding carboxylic acids is 2. The summed E-state index contributed by atoms with van der Waals surface area (Å²) < 4.78 is 0. The summed E-state index contributed by atoms with van der Waals surface area (Å²) in [5.41, 5.74) is 3.98. The molecule has 1 aliphatic rings. The van der Waals surface area contributed by atoms with Gasteiger partial charge in [0.2, 0.25) is 11.8 Å². The van der Waals surface area contributed by atoms with Crippen LogP contribution in [0.5, 0.6) is 0 Å². The lowest BCUT2D eigenvalue weighted by Crippen LogP contribution is -2.32. The van der Waals surface area contributed by atoms with Crippen LogP contribution in [0.15, 0.2) is 48.5 Å². The highest BCUT2D eigenvalue weighted by atomic mass is 16.2. The molecule has 1 N–H and O–H groups in total. The van der Waals surface area contributed by atoms with Gasteiger partial charge in [0.05, 0.1) is 0 Å². The van der Waals surface area contributed by atoms with Crippen LogP contribution < -0.4 is 15.1 Å². The predicted octanol–water partition coefficient (Wildman–Crippen LogP) is 4.79. The summed E-state index contributed by atoms with van der Waals surface area (Å²) >= 11 is 0. The Balaban J connectivity index is 1.62. The van der Waals surface area contributed by atoms with Crippen LogP contribution in [0.3, 0.4) is 0 Å². The van der Waals surface area contributed by atoms with Crippen molar-refractivity contribution in [3.8, 4) is 0 Å². The molecule has 1 fully saturated rings. The SMILES string of the molecule is CC(=O)N(CCC(=O)Nc1ccccc1C(C)C)c1ccc(N2CCCC2)cc1. The molecular weight excluding hydrogens is 362 g/mol. The summed E-state index contributed by atoms with van der Waals surface area (Å²) in [5, 5.41) is 3.00. The van der Waals surface area contributed by atoms with Gasteiger partial charge in [0, 0.05) is 50.0 Å². The van der Waals surface area contributed by atoms with Crippen molar-refractivity contribution in [3.63, 3.8) is 0 Å². The highest BCUT2D eigenvalue weighted by Crippen LogP contribution is 2.25. The maximum absolute atomic E-state index is 12.5. The second kappa shape index (κ2) is 9.59. The minimum Gasteiger partial charge on any atom is -0.372 e. The van der Waals surface area contributed by atoms with Gasteiger partial charge in [-0.1, -0.05) is 32.0 Å². The average Bonchev–Trinajstić information content (AvgIpc) is 3.23. The summed E-state index contributed by atoms with van der Waals surface area (Å²) in [5.74, 6) is 0.182. The molecule has 0 aromatic heterocycles. The monoisotopic (exact) mass is 393 g/mol. The topological polar surface area (TPSA) is 52.7 Å². The molecular formula is C24H31N3O2. The van der Waals surface area contributed by atoms with E-state index >= 15 is 0 Å². The molecule has 0 spiro atoms. The highest BCUT2D eigenvalue weighted by molar-refractivity contribution is 5.95.